The smallest absolute Gasteiger partial charge is 0.409 e. The van der Waals surface area contributed by atoms with Gasteiger partial charge in [-0.05, 0) is 49.3 Å². The third-order valence-corrected chi connectivity index (χ3v) is 9.01. The van der Waals surface area contributed by atoms with Crippen molar-refractivity contribution in [1.29, 1.82) is 0 Å². The number of amides is 9. The molecule has 0 bridgehead atoms. The normalized spacial score (nSPS) is 13.1. The number of urea groups is 1. The van der Waals surface area contributed by atoms with Crippen molar-refractivity contribution in [2.45, 2.75) is 84.9 Å². The van der Waals surface area contributed by atoms with E-state index in [1.54, 1.807) is 52.0 Å². The first kappa shape index (κ1) is 48.1. The highest BCUT2D eigenvalue weighted by atomic mass is 16.6. The number of nitrogens with two attached hydrogens (primary N) is 1. The molecule has 0 radical (unpaired) electrons. The van der Waals surface area contributed by atoms with Crippen LogP contribution in [0.2, 0.25) is 0 Å². The van der Waals surface area contributed by atoms with E-state index in [0.29, 0.717) is 36.9 Å². The average molecular weight is 815 g/mol. The lowest BCUT2D eigenvalue weighted by Gasteiger charge is -2.25. The molecule has 320 valence electrons. The maximum Gasteiger partial charge on any atom is 0.409 e. The van der Waals surface area contributed by atoms with E-state index in [1.165, 1.54) is 36.0 Å². The van der Waals surface area contributed by atoms with Crippen LogP contribution in [0, 0.1) is 11.8 Å². The molecule has 0 aromatic heterocycles. The standard InChI is InChI=1S/C39H58N8O11/c1-25(2)30(48)24-58-39(56)46(6)22-21-45(5)38(55)57-23-27-13-15-28(16-14-27)42-35(52)29(11-10-19-41-37(40)54)43-36(53)34(26(3)4)44-31(49)12-8-7-9-20-47-32(50)17-18-33(47)51/h13-18,25-26,29,34H,7-12,19-24H2,1-6H3,(H,42,52)(H,43,53)(H,44,49)(H3,40,41,54)/t29-,34-/m0/s1. The summed E-state index contributed by atoms with van der Waals surface area (Å²) in [5.74, 6) is -3.00. The fourth-order valence-corrected chi connectivity index (χ4v) is 5.27. The quantitative estimate of drug-likeness (QED) is 0.0746. The van der Waals surface area contributed by atoms with Gasteiger partial charge in [0.15, 0.2) is 12.4 Å². The molecule has 2 atom stereocenters. The van der Waals surface area contributed by atoms with Crippen molar-refractivity contribution in [3.8, 4) is 0 Å². The van der Waals surface area contributed by atoms with Gasteiger partial charge in [0.1, 0.15) is 18.7 Å². The minimum absolute atomic E-state index is 0.0845. The van der Waals surface area contributed by atoms with E-state index >= 15 is 0 Å². The number of benzene rings is 1. The van der Waals surface area contributed by atoms with Gasteiger partial charge in [0.05, 0.1) is 0 Å². The number of primary amides is 1. The number of hydrogen-bond acceptors (Lipinski definition) is 11. The van der Waals surface area contributed by atoms with E-state index in [1.807, 2.05) is 0 Å². The Labute approximate surface area is 338 Å². The molecule has 0 saturated heterocycles. The first-order valence-electron chi connectivity index (χ1n) is 19.2. The van der Waals surface area contributed by atoms with Gasteiger partial charge >= 0.3 is 18.2 Å². The largest absolute Gasteiger partial charge is 0.445 e. The Hall–Kier alpha value is -6.01. The number of imide groups is 1. The van der Waals surface area contributed by atoms with Gasteiger partial charge in [0.25, 0.3) is 11.8 Å². The minimum atomic E-state index is -1.05. The molecule has 1 aliphatic heterocycles. The SMILES string of the molecule is CC(C)C(=O)COC(=O)N(C)CCN(C)C(=O)OCc1ccc(NC(=O)[C@H](CCCNC(N)=O)NC(=O)[C@@H](NC(=O)CCCCCN2C(=O)C=CC2=O)C(C)C)cc1. The number of carbonyl (C=O) groups excluding carboxylic acids is 9. The number of carbonyl (C=O) groups is 9. The molecule has 9 amide bonds. The van der Waals surface area contributed by atoms with Gasteiger partial charge in [-0.2, -0.15) is 0 Å². The van der Waals surface area contributed by atoms with Gasteiger partial charge in [-0.1, -0.05) is 46.2 Å². The Morgan fingerprint density at radius 1 is 0.776 bits per heavy atom. The van der Waals surface area contributed by atoms with Crippen molar-refractivity contribution >= 4 is 59.2 Å². The fraction of sp³-hybridized carbons (Fsp3) is 0.564. The summed E-state index contributed by atoms with van der Waals surface area (Å²) in [6, 6.07) is 3.73. The summed E-state index contributed by atoms with van der Waals surface area (Å²) >= 11 is 0. The number of Topliss-reactive ketones (excluding diaryl/α,β-unsaturated/α-hetero) is 1. The Kier molecular flexibility index (Phi) is 20.4. The van der Waals surface area contributed by atoms with Crippen molar-refractivity contribution < 1.29 is 52.6 Å². The van der Waals surface area contributed by atoms with Crippen molar-refractivity contribution in [2.75, 3.05) is 52.2 Å². The monoisotopic (exact) mass is 814 g/mol. The lowest BCUT2D eigenvalue weighted by atomic mass is 10.0. The van der Waals surface area contributed by atoms with Crippen LogP contribution in [0.5, 0.6) is 0 Å². The molecule has 6 N–H and O–H groups in total. The summed E-state index contributed by atoms with van der Waals surface area (Å²) in [6.45, 7) is 7.20. The van der Waals surface area contributed by atoms with Crippen LogP contribution < -0.4 is 27.0 Å². The zero-order chi connectivity index (χ0) is 43.4. The zero-order valence-electron chi connectivity index (χ0n) is 34.2. The number of ether oxygens (including phenoxy) is 2. The molecule has 1 aliphatic rings. The highest BCUT2D eigenvalue weighted by molar-refractivity contribution is 6.12. The van der Waals surface area contributed by atoms with E-state index < -0.39 is 42.1 Å². The summed E-state index contributed by atoms with van der Waals surface area (Å²) in [7, 11) is 2.99. The van der Waals surface area contributed by atoms with Gasteiger partial charge in [-0.25, -0.2) is 14.4 Å². The summed E-state index contributed by atoms with van der Waals surface area (Å²) in [4.78, 5) is 114. The van der Waals surface area contributed by atoms with Crippen LogP contribution in [0.25, 0.3) is 0 Å². The third-order valence-electron chi connectivity index (χ3n) is 9.01. The van der Waals surface area contributed by atoms with E-state index in [0.717, 1.165) is 4.90 Å². The summed E-state index contributed by atoms with van der Waals surface area (Å²) in [6.07, 6.45) is 3.23. The second-order valence-electron chi connectivity index (χ2n) is 14.5. The molecule has 58 heavy (non-hydrogen) atoms. The molecule has 1 aromatic rings. The number of hydrogen-bond donors (Lipinski definition) is 5. The van der Waals surface area contributed by atoms with Gasteiger partial charge in [-0.15, -0.1) is 0 Å². The van der Waals surface area contributed by atoms with Crippen LogP contribution in [0.1, 0.15) is 71.8 Å². The second-order valence-corrected chi connectivity index (χ2v) is 14.5. The maximum absolute atomic E-state index is 13.5. The minimum Gasteiger partial charge on any atom is -0.445 e. The highest BCUT2D eigenvalue weighted by Gasteiger charge is 2.29. The number of nitrogens with zero attached hydrogens (tertiary/aromatic N) is 3. The molecule has 0 aliphatic carbocycles. The number of ketones is 1. The molecular formula is C39H58N8O11. The van der Waals surface area contributed by atoms with Gasteiger partial charge in [0, 0.05) is 70.5 Å². The van der Waals surface area contributed by atoms with Crippen molar-refractivity contribution in [2.24, 2.45) is 17.6 Å². The number of unbranched alkanes of at least 4 members (excludes halogenated alkanes) is 2. The first-order valence-corrected chi connectivity index (χ1v) is 19.2. The van der Waals surface area contributed by atoms with E-state index in [4.69, 9.17) is 15.2 Å². The topological polar surface area (TPSA) is 256 Å². The molecule has 0 unspecified atom stereocenters. The Morgan fingerprint density at radius 3 is 1.95 bits per heavy atom. The first-order chi connectivity index (χ1) is 27.4. The molecule has 1 heterocycles. The molecule has 1 aromatic carbocycles. The van der Waals surface area contributed by atoms with Gasteiger partial charge in [-0.3, -0.25) is 33.7 Å². The molecule has 0 fully saturated rings. The Balaban J connectivity index is 1.90. The summed E-state index contributed by atoms with van der Waals surface area (Å²) in [5.41, 5.74) is 6.16. The summed E-state index contributed by atoms with van der Waals surface area (Å²) in [5, 5.41) is 10.7. The average Bonchev–Trinajstić information content (AvgIpc) is 3.50. The molecule has 2 rings (SSSR count). The van der Waals surface area contributed by atoms with Crippen LogP contribution in [0.3, 0.4) is 0 Å². The zero-order valence-corrected chi connectivity index (χ0v) is 34.2. The predicted molar refractivity (Wildman–Crippen MR) is 212 cm³/mol. The third kappa shape index (κ3) is 17.4. The highest BCUT2D eigenvalue weighted by Crippen LogP contribution is 2.14. The van der Waals surface area contributed by atoms with Gasteiger partial charge in [0.2, 0.25) is 17.7 Å². The van der Waals surface area contributed by atoms with Crippen LogP contribution >= 0.6 is 0 Å². The van der Waals surface area contributed by atoms with Crippen LogP contribution in [-0.2, 0) is 44.8 Å². The predicted octanol–water partition coefficient (Wildman–Crippen LogP) is 2.05. The maximum atomic E-state index is 13.5. The number of nitrogens with one attached hydrogen (secondary N) is 4. The molecular weight excluding hydrogens is 756 g/mol. The van der Waals surface area contributed by atoms with Crippen LogP contribution in [0.4, 0.5) is 20.1 Å². The number of rotatable bonds is 24. The van der Waals surface area contributed by atoms with E-state index in [2.05, 4.69) is 21.3 Å². The molecule has 0 spiro atoms. The molecule has 0 saturated carbocycles. The van der Waals surface area contributed by atoms with Crippen LogP contribution in [-0.4, -0.2) is 127 Å². The fourth-order valence-electron chi connectivity index (χ4n) is 5.27. The number of anilines is 1. The Morgan fingerprint density at radius 2 is 1.38 bits per heavy atom. The second kappa shape index (κ2) is 24.6. The Bertz CT molecular complexity index is 1630. The van der Waals surface area contributed by atoms with Crippen molar-refractivity contribution in [1.82, 2.24) is 30.7 Å². The van der Waals surface area contributed by atoms with E-state index in [9.17, 15) is 43.2 Å². The van der Waals surface area contributed by atoms with Crippen LogP contribution in [0.15, 0.2) is 36.4 Å². The van der Waals surface area contributed by atoms with Gasteiger partial charge < -0.3 is 46.3 Å². The van der Waals surface area contributed by atoms with Crippen molar-refractivity contribution in [3.63, 3.8) is 0 Å². The lowest BCUT2D eigenvalue weighted by Crippen LogP contribution is -2.54. The molecule has 19 heteroatoms. The summed E-state index contributed by atoms with van der Waals surface area (Å²) < 4.78 is 10.4. The van der Waals surface area contributed by atoms with E-state index in [-0.39, 0.29) is 87.6 Å². The lowest BCUT2D eigenvalue weighted by molar-refractivity contribution is -0.137. The number of likely N-dealkylation sites (N-methyl/N-ethyl adjacent to an activating group) is 2. The van der Waals surface area contributed by atoms with Crippen molar-refractivity contribution in [3.05, 3.63) is 42.0 Å². The molecule has 19 nitrogen and oxygen atoms in total.